The molecule has 4 fully saturated rings. The predicted molar refractivity (Wildman–Crippen MR) is 115 cm³/mol. The first-order chi connectivity index (χ1) is 14.4. The first kappa shape index (κ1) is 20.6. The maximum atomic E-state index is 12.5. The molecule has 0 radical (unpaired) electrons. The fourth-order valence-electron chi connectivity index (χ4n) is 6.19. The summed E-state index contributed by atoms with van der Waals surface area (Å²) in [5.74, 6) is 1.44. The van der Waals surface area contributed by atoms with Crippen molar-refractivity contribution in [1.29, 1.82) is 0 Å². The molecule has 4 aliphatic rings. The van der Waals surface area contributed by atoms with Crippen molar-refractivity contribution in [3.05, 3.63) is 42.0 Å². The number of rotatable bonds is 6. The molecule has 0 saturated heterocycles. The quantitative estimate of drug-likeness (QED) is 0.499. The molecule has 4 aliphatic carbocycles. The molecule has 160 valence electrons. The van der Waals surface area contributed by atoms with E-state index in [0.717, 1.165) is 42.6 Å². The highest BCUT2D eigenvalue weighted by Crippen LogP contribution is 2.61. The molecule has 0 heterocycles. The Hall–Kier alpha value is -2.63. The van der Waals surface area contributed by atoms with Gasteiger partial charge in [0, 0.05) is 12.5 Å². The number of amides is 3. The molecule has 6 nitrogen and oxygen atoms in total. The molecule has 30 heavy (non-hydrogen) atoms. The average molecular weight is 410 g/mol. The molecule has 4 saturated carbocycles. The SMILES string of the molecule is C[C@H](NC(=O)/C=C/c1ccccc1)C(=O)NNC(=O)CC12CC3CC(CC(C3)C1)C2. The summed E-state index contributed by atoms with van der Waals surface area (Å²) < 4.78 is 0. The highest BCUT2D eigenvalue weighted by atomic mass is 16.2. The Balaban J connectivity index is 1.21. The number of carbonyl (C=O) groups is 3. The Labute approximate surface area is 177 Å². The Bertz CT molecular complexity index is 798. The lowest BCUT2D eigenvalue weighted by Gasteiger charge is -2.56. The summed E-state index contributed by atoms with van der Waals surface area (Å²) in [6.45, 7) is 1.59. The third-order valence-electron chi connectivity index (χ3n) is 7.00. The Kier molecular flexibility index (Phi) is 5.93. The number of hydrogen-bond acceptors (Lipinski definition) is 3. The van der Waals surface area contributed by atoms with Crippen LogP contribution < -0.4 is 16.2 Å². The van der Waals surface area contributed by atoms with Gasteiger partial charge in [-0.05, 0) is 80.3 Å². The van der Waals surface area contributed by atoms with Gasteiger partial charge in [0.1, 0.15) is 6.04 Å². The number of carbonyl (C=O) groups excluding carboxylic acids is 3. The van der Waals surface area contributed by atoms with Gasteiger partial charge in [-0.3, -0.25) is 25.2 Å². The molecule has 3 N–H and O–H groups in total. The van der Waals surface area contributed by atoms with Crippen LogP contribution in [0.2, 0.25) is 0 Å². The van der Waals surface area contributed by atoms with Crippen molar-refractivity contribution >= 4 is 23.8 Å². The van der Waals surface area contributed by atoms with E-state index in [0.29, 0.717) is 6.42 Å². The lowest BCUT2D eigenvalue weighted by molar-refractivity contribution is -0.135. The molecule has 6 heteroatoms. The summed E-state index contributed by atoms with van der Waals surface area (Å²) in [6.07, 6.45) is 11.0. The van der Waals surface area contributed by atoms with Crippen molar-refractivity contribution in [2.45, 2.75) is 57.9 Å². The molecule has 0 aliphatic heterocycles. The van der Waals surface area contributed by atoms with Gasteiger partial charge in [0.15, 0.2) is 0 Å². The molecule has 1 atom stereocenters. The van der Waals surface area contributed by atoms with Crippen molar-refractivity contribution < 1.29 is 14.4 Å². The molecule has 5 rings (SSSR count). The standard InChI is InChI=1S/C24H31N3O3/c1-16(25-21(28)8-7-17-5-3-2-4-6-17)23(30)27-26-22(29)15-24-12-18-9-19(13-24)11-20(10-18)14-24/h2-8,16,18-20H,9-15H2,1H3,(H,25,28)(H,26,29)(H,27,30)/b8-7+/t16-,18?,19?,20?,24?/m0/s1. The van der Waals surface area contributed by atoms with Crippen LogP contribution in [-0.2, 0) is 14.4 Å². The highest BCUT2D eigenvalue weighted by molar-refractivity contribution is 5.95. The van der Waals surface area contributed by atoms with Crippen molar-refractivity contribution in [1.82, 2.24) is 16.2 Å². The summed E-state index contributed by atoms with van der Waals surface area (Å²) in [5.41, 5.74) is 6.06. The van der Waals surface area contributed by atoms with Gasteiger partial charge in [-0.25, -0.2) is 0 Å². The summed E-state index contributed by atoms with van der Waals surface area (Å²) >= 11 is 0. The van der Waals surface area contributed by atoms with Gasteiger partial charge in [0.2, 0.25) is 11.8 Å². The zero-order chi connectivity index (χ0) is 21.1. The van der Waals surface area contributed by atoms with Gasteiger partial charge in [-0.1, -0.05) is 30.3 Å². The average Bonchev–Trinajstić information content (AvgIpc) is 2.70. The van der Waals surface area contributed by atoms with Gasteiger partial charge >= 0.3 is 0 Å². The predicted octanol–water partition coefficient (Wildman–Crippen LogP) is 2.96. The van der Waals surface area contributed by atoms with Crippen LogP contribution in [0.4, 0.5) is 0 Å². The van der Waals surface area contributed by atoms with E-state index in [2.05, 4.69) is 16.2 Å². The largest absolute Gasteiger partial charge is 0.341 e. The van der Waals surface area contributed by atoms with Gasteiger partial charge in [-0.2, -0.15) is 0 Å². The second-order valence-corrected chi connectivity index (χ2v) is 9.61. The third-order valence-corrected chi connectivity index (χ3v) is 7.00. The maximum Gasteiger partial charge on any atom is 0.260 e. The van der Waals surface area contributed by atoms with E-state index in [4.69, 9.17) is 0 Å². The minimum absolute atomic E-state index is 0.131. The van der Waals surface area contributed by atoms with E-state index in [-0.39, 0.29) is 17.2 Å². The highest BCUT2D eigenvalue weighted by Gasteiger charge is 2.51. The monoisotopic (exact) mass is 409 g/mol. The molecule has 0 spiro atoms. The second kappa shape index (κ2) is 8.62. The van der Waals surface area contributed by atoms with Gasteiger partial charge in [-0.15, -0.1) is 0 Å². The summed E-state index contributed by atoms with van der Waals surface area (Å²) in [4.78, 5) is 36.8. The summed E-state index contributed by atoms with van der Waals surface area (Å²) in [5, 5.41) is 2.61. The maximum absolute atomic E-state index is 12.5. The van der Waals surface area contributed by atoms with E-state index in [1.807, 2.05) is 30.3 Å². The Morgan fingerprint density at radius 3 is 2.20 bits per heavy atom. The minimum Gasteiger partial charge on any atom is -0.341 e. The lowest BCUT2D eigenvalue weighted by atomic mass is 9.49. The van der Waals surface area contributed by atoms with Crippen LogP contribution in [-0.4, -0.2) is 23.8 Å². The van der Waals surface area contributed by atoms with Crippen LogP contribution in [0, 0.1) is 23.2 Å². The number of hydrogen-bond donors (Lipinski definition) is 3. The van der Waals surface area contributed by atoms with E-state index in [9.17, 15) is 14.4 Å². The molecule has 0 aromatic heterocycles. The Morgan fingerprint density at radius 1 is 1.00 bits per heavy atom. The van der Waals surface area contributed by atoms with Crippen LogP contribution in [0.25, 0.3) is 6.08 Å². The van der Waals surface area contributed by atoms with Crippen LogP contribution in [0.15, 0.2) is 36.4 Å². The van der Waals surface area contributed by atoms with Crippen molar-refractivity contribution in [3.8, 4) is 0 Å². The van der Waals surface area contributed by atoms with Gasteiger partial charge < -0.3 is 5.32 Å². The molecular weight excluding hydrogens is 378 g/mol. The van der Waals surface area contributed by atoms with E-state index >= 15 is 0 Å². The first-order valence-electron chi connectivity index (χ1n) is 11.0. The molecule has 3 amide bonds. The van der Waals surface area contributed by atoms with Crippen LogP contribution >= 0.6 is 0 Å². The number of benzene rings is 1. The van der Waals surface area contributed by atoms with E-state index < -0.39 is 11.9 Å². The van der Waals surface area contributed by atoms with Crippen LogP contribution in [0.1, 0.15) is 57.4 Å². The second-order valence-electron chi connectivity index (χ2n) is 9.61. The Morgan fingerprint density at radius 2 is 1.60 bits per heavy atom. The zero-order valence-electron chi connectivity index (χ0n) is 17.5. The van der Waals surface area contributed by atoms with Crippen molar-refractivity contribution in [3.63, 3.8) is 0 Å². The van der Waals surface area contributed by atoms with Crippen molar-refractivity contribution in [2.75, 3.05) is 0 Å². The first-order valence-corrected chi connectivity index (χ1v) is 11.0. The molecule has 1 aromatic carbocycles. The molecular formula is C24H31N3O3. The lowest BCUT2D eigenvalue weighted by Crippen LogP contribution is -2.53. The van der Waals surface area contributed by atoms with Gasteiger partial charge in [0.05, 0.1) is 0 Å². The smallest absolute Gasteiger partial charge is 0.260 e. The summed E-state index contributed by atoms with van der Waals surface area (Å²) in [6, 6.07) is 8.71. The fraction of sp³-hybridized carbons (Fsp3) is 0.542. The molecule has 4 bridgehead atoms. The van der Waals surface area contributed by atoms with Crippen LogP contribution in [0.3, 0.4) is 0 Å². The van der Waals surface area contributed by atoms with E-state index in [1.54, 1.807) is 13.0 Å². The van der Waals surface area contributed by atoms with Crippen molar-refractivity contribution in [2.24, 2.45) is 23.2 Å². The normalized spacial score (nSPS) is 30.1. The number of nitrogens with one attached hydrogen (secondary N) is 3. The third kappa shape index (κ3) is 4.91. The molecule has 0 unspecified atom stereocenters. The molecule has 1 aromatic rings. The van der Waals surface area contributed by atoms with Gasteiger partial charge in [0.25, 0.3) is 5.91 Å². The fourth-order valence-corrected chi connectivity index (χ4v) is 6.19. The van der Waals surface area contributed by atoms with Crippen LogP contribution in [0.5, 0.6) is 0 Å². The summed E-state index contributed by atoms with van der Waals surface area (Å²) in [7, 11) is 0. The zero-order valence-corrected chi connectivity index (χ0v) is 17.5. The minimum atomic E-state index is -0.752. The number of hydrazine groups is 1. The van der Waals surface area contributed by atoms with E-state index in [1.165, 1.54) is 25.3 Å². The topological polar surface area (TPSA) is 87.3 Å².